The zero-order valence-corrected chi connectivity index (χ0v) is 6.58. The monoisotopic (exact) mass is 156 g/mol. The SMILES string of the molecule is C=CC(=O)OCCOC=CC. The van der Waals surface area contributed by atoms with Gasteiger partial charge in [0.05, 0.1) is 6.26 Å². The third-order valence-corrected chi connectivity index (χ3v) is 0.844. The molecule has 3 nitrogen and oxygen atoms in total. The average molecular weight is 156 g/mol. The van der Waals surface area contributed by atoms with Gasteiger partial charge in [0, 0.05) is 6.08 Å². The van der Waals surface area contributed by atoms with Crippen LogP contribution in [0.4, 0.5) is 0 Å². The minimum Gasteiger partial charge on any atom is -0.498 e. The molecule has 0 saturated heterocycles. The molecule has 0 amide bonds. The smallest absolute Gasteiger partial charge is 0.330 e. The lowest BCUT2D eigenvalue weighted by molar-refractivity contribution is -0.138. The molecule has 0 rings (SSSR count). The first-order valence-electron chi connectivity index (χ1n) is 3.33. The fourth-order valence-corrected chi connectivity index (χ4v) is 0.414. The molecule has 0 aromatic heterocycles. The summed E-state index contributed by atoms with van der Waals surface area (Å²) in [5.41, 5.74) is 0. The first kappa shape index (κ1) is 9.75. The van der Waals surface area contributed by atoms with Gasteiger partial charge in [-0.2, -0.15) is 0 Å². The van der Waals surface area contributed by atoms with E-state index in [9.17, 15) is 4.79 Å². The van der Waals surface area contributed by atoms with Crippen LogP contribution in [0.5, 0.6) is 0 Å². The minimum atomic E-state index is -0.422. The van der Waals surface area contributed by atoms with Crippen molar-refractivity contribution in [1.29, 1.82) is 0 Å². The van der Waals surface area contributed by atoms with Crippen LogP contribution in [0.15, 0.2) is 25.0 Å². The Labute approximate surface area is 66.3 Å². The largest absolute Gasteiger partial charge is 0.498 e. The van der Waals surface area contributed by atoms with Gasteiger partial charge in [-0.15, -0.1) is 0 Å². The van der Waals surface area contributed by atoms with Gasteiger partial charge in [0.15, 0.2) is 0 Å². The molecule has 0 heterocycles. The van der Waals surface area contributed by atoms with Crippen LogP contribution in [0.25, 0.3) is 0 Å². The lowest BCUT2D eigenvalue weighted by Gasteiger charge is -2.00. The number of carbonyl (C=O) groups is 1. The van der Waals surface area contributed by atoms with Crippen LogP contribution in [-0.4, -0.2) is 19.2 Å². The summed E-state index contributed by atoms with van der Waals surface area (Å²) in [7, 11) is 0. The molecule has 0 unspecified atom stereocenters. The average Bonchev–Trinajstić information content (AvgIpc) is 2.04. The molecule has 0 aromatic rings. The van der Waals surface area contributed by atoms with Gasteiger partial charge in [-0.25, -0.2) is 4.79 Å². The van der Waals surface area contributed by atoms with Crippen LogP contribution < -0.4 is 0 Å². The highest BCUT2D eigenvalue weighted by molar-refractivity contribution is 5.81. The van der Waals surface area contributed by atoms with E-state index in [1.807, 2.05) is 6.92 Å². The molecule has 0 aromatic carbocycles. The Kier molecular flexibility index (Phi) is 6.08. The molecular formula is C8H12O3. The number of hydrogen-bond donors (Lipinski definition) is 0. The minimum absolute atomic E-state index is 0.259. The summed E-state index contributed by atoms with van der Waals surface area (Å²) in [6, 6.07) is 0. The summed E-state index contributed by atoms with van der Waals surface area (Å²) in [5.74, 6) is -0.422. The van der Waals surface area contributed by atoms with E-state index in [0.717, 1.165) is 6.08 Å². The first-order valence-corrected chi connectivity index (χ1v) is 3.33. The highest BCUT2D eigenvalue weighted by Crippen LogP contribution is 1.81. The Morgan fingerprint density at radius 3 is 2.82 bits per heavy atom. The fraction of sp³-hybridized carbons (Fsp3) is 0.375. The van der Waals surface area contributed by atoms with Crippen molar-refractivity contribution in [2.45, 2.75) is 6.92 Å². The summed E-state index contributed by atoms with van der Waals surface area (Å²) in [5, 5.41) is 0. The molecule has 0 aliphatic rings. The maximum Gasteiger partial charge on any atom is 0.330 e. The molecule has 62 valence electrons. The van der Waals surface area contributed by atoms with E-state index >= 15 is 0 Å². The molecule has 0 fully saturated rings. The predicted octanol–water partition coefficient (Wildman–Crippen LogP) is 1.27. The molecule has 0 atom stereocenters. The van der Waals surface area contributed by atoms with Crippen molar-refractivity contribution in [3.63, 3.8) is 0 Å². The zero-order chi connectivity index (χ0) is 8.53. The van der Waals surface area contributed by atoms with Crippen LogP contribution in [0.3, 0.4) is 0 Å². The van der Waals surface area contributed by atoms with Crippen LogP contribution in [0, 0.1) is 0 Å². The second kappa shape index (κ2) is 6.86. The van der Waals surface area contributed by atoms with Gasteiger partial charge in [-0.05, 0) is 6.92 Å². The molecule has 0 saturated carbocycles. The van der Waals surface area contributed by atoms with E-state index in [0.29, 0.717) is 6.61 Å². The van der Waals surface area contributed by atoms with E-state index in [1.54, 1.807) is 12.3 Å². The number of hydrogen-bond acceptors (Lipinski definition) is 3. The Balaban J connectivity index is 3.14. The quantitative estimate of drug-likeness (QED) is 0.260. The van der Waals surface area contributed by atoms with E-state index in [-0.39, 0.29) is 6.61 Å². The Bertz CT molecular complexity index is 149. The third-order valence-electron chi connectivity index (χ3n) is 0.844. The molecule has 0 spiro atoms. The zero-order valence-electron chi connectivity index (χ0n) is 6.58. The molecule has 0 radical (unpaired) electrons. The van der Waals surface area contributed by atoms with Gasteiger partial charge in [0.2, 0.25) is 0 Å². The van der Waals surface area contributed by atoms with E-state index in [4.69, 9.17) is 4.74 Å². The van der Waals surface area contributed by atoms with Gasteiger partial charge < -0.3 is 9.47 Å². The Morgan fingerprint density at radius 1 is 1.55 bits per heavy atom. The van der Waals surface area contributed by atoms with Crippen LogP contribution in [0.2, 0.25) is 0 Å². The summed E-state index contributed by atoms with van der Waals surface area (Å²) in [6.45, 7) is 5.73. The van der Waals surface area contributed by atoms with E-state index in [2.05, 4.69) is 11.3 Å². The van der Waals surface area contributed by atoms with Crippen molar-refractivity contribution in [2.24, 2.45) is 0 Å². The highest BCUT2D eigenvalue weighted by atomic mass is 16.6. The summed E-state index contributed by atoms with van der Waals surface area (Å²) < 4.78 is 9.51. The number of ether oxygens (including phenoxy) is 2. The van der Waals surface area contributed by atoms with Crippen molar-refractivity contribution in [2.75, 3.05) is 13.2 Å². The highest BCUT2D eigenvalue weighted by Gasteiger charge is 1.92. The fourth-order valence-electron chi connectivity index (χ4n) is 0.414. The molecule has 0 bridgehead atoms. The number of esters is 1. The maximum atomic E-state index is 10.4. The summed E-state index contributed by atoms with van der Waals surface area (Å²) >= 11 is 0. The van der Waals surface area contributed by atoms with Crippen LogP contribution in [-0.2, 0) is 14.3 Å². The second-order valence-electron chi connectivity index (χ2n) is 1.71. The van der Waals surface area contributed by atoms with Gasteiger partial charge in [0.25, 0.3) is 0 Å². The normalized spacial score (nSPS) is 9.55. The Hall–Kier alpha value is -1.25. The standard InChI is InChI=1S/C8H12O3/c1-3-5-10-6-7-11-8(9)4-2/h3-5H,2,6-7H2,1H3. The first-order chi connectivity index (χ1) is 5.31. The van der Waals surface area contributed by atoms with Crippen molar-refractivity contribution in [1.82, 2.24) is 0 Å². The van der Waals surface area contributed by atoms with E-state index < -0.39 is 5.97 Å². The molecule has 0 aliphatic heterocycles. The van der Waals surface area contributed by atoms with Crippen LogP contribution in [0.1, 0.15) is 6.92 Å². The number of carbonyl (C=O) groups excluding carboxylic acids is 1. The molecule has 0 N–H and O–H groups in total. The number of allylic oxidation sites excluding steroid dienone is 1. The topological polar surface area (TPSA) is 35.5 Å². The van der Waals surface area contributed by atoms with Gasteiger partial charge in [0.1, 0.15) is 13.2 Å². The lowest BCUT2D eigenvalue weighted by Crippen LogP contribution is -2.06. The second-order valence-corrected chi connectivity index (χ2v) is 1.71. The Morgan fingerprint density at radius 2 is 2.27 bits per heavy atom. The van der Waals surface area contributed by atoms with Crippen molar-refractivity contribution >= 4 is 5.97 Å². The summed E-state index contributed by atoms with van der Waals surface area (Å²) in [6.07, 6.45) is 4.42. The van der Waals surface area contributed by atoms with Gasteiger partial charge in [-0.3, -0.25) is 0 Å². The lowest BCUT2D eigenvalue weighted by atomic mass is 10.6. The van der Waals surface area contributed by atoms with E-state index in [1.165, 1.54) is 0 Å². The van der Waals surface area contributed by atoms with Crippen molar-refractivity contribution < 1.29 is 14.3 Å². The van der Waals surface area contributed by atoms with Gasteiger partial charge >= 0.3 is 5.97 Å². The molecule has 11 heavy (non-hydrogen) atoms. The predicted molar refractivity (Wildman–Crippen MR) is 41.9 cm³/mol. The van der Waals surface area contributed by atoms with Crippen molar-refractivity contribution in [3.8, 4) is 0 Å². The van der Waals surface area contributed by atoms with Gasteiger partial charge in [-0.1, -0.05) is 12.7 Å². The molecule has 3 heteroatoms. The summed E-state index contributed by atoms with van der Waals surface area (Å²) in [4.78, 5) is 10.4. The maximum absolute atomic E-state index is 10.4. The molecular weight excluding hydrogens is 144 g/mol. The number of rotatable bonds is 5. The molecule has 0 aliphatic carbocycles. The third kappa shape index (κ3) is 6.64. The van der Waals surface area contributed by atoms with Crippen LogP contribution >= 0.6 is 0 Å². The van der Waals surface area contributed by atoms with Crippen molar-refractivity contribution in [3.05, 3.63) is 25.0 Å².